The van der Waals surface area contributed by atoms with Gasteiger partial charge in [0.25, 0.3) is 5.91 Å². The van der Waals surface area contributed by atoms with Crippen LogP contribution in [0, 0.1) is 27.7 Å². The molecule has 0 radical (unpaired) electrons. The van der Waals surface area contributed by atoms with Gasteiger partial charge in [-0.1, -0.05) is 41.4 Å². The average Bonchev–Trinajstić information content (AvgIpc) is 3.32. The van der Waals surface area contributed by atoms with Crippen molar-refractivity contribution in [2.24, 2.45) is 0 Å². The molecule has 1 aliphatic rings. The van der Waals surface area contributed by atoms with Crippen LogP contribution in [-0.2, 0) is 19.4 Å². The number of amides is 1. The molecule has 1 aliphatic carbocycles. The lowest BCUT2D eigenvalue weighted by atomic mass is 9.93. The molecule has 33 heavy (non-hydrogen) atoms. The normalized spacial score (nSPS) is 12.4. The van der Waals surface area contributed by atoms with Gasteiger partial charge in [0.15, 0.2) is 5.76 Å². The van der Waals surface area contributed by atoms with E-state index in [2.05, 4.69) is 30.6 Å². The van der Waals surface area contributed by atoms with Crippen molar-refractivity contribution in [2.75, 3.05) is 5.32 Å². The topological polar surface area (TPSA) is 60.1 Å². The number of nitrogens with one attached hydrogen (secondary N) is 1. The number of carbonyl (C=O) groups is 1. The molecule has 0 spiro atoms. The minimum atomic E-state index is -0.223. The number of aromatic nitrogens is 2. The highest BCUT2D eigenvalue weighted by molar-refractivity contribution is 6.30. The van der Waals surface area contributed by atoms with Crippen LogP contribution < -0.4 is 5.32 Å². The number of aryl methyl sites for hydroxylation is 5. The standard InChI is InChI=1S/C27H26ClN3O2/c1-15-11-16(2)24(17(3)12-15)29-27(32)26-18(4)23-22(33-26)10-7-20-14-31(30-25(20)23)13-19-5-8-21(28)9-6-19/h5-6,8-9,11-12,14H,7,10,13H2,1-4H3,(H,29,32). The van der Waals surface area contributed by atoms with Crippen molar-refractivity contribution in [1.29, 1.82) is 0 Å². The maximum absolute atomic E-state index is 13.2. The fourth-order valence-corrected chi connectivity index (χ4v) is 4.91. The molecule has 2 aromatic carbocycles. The minimum absolute atomic E-state index is 0.223. The molecule has 5 nitrogen and oxygen atoms in total. The Morgan fingerprint density at radius 3 is 2.48 bits per heavy atom. The zero-order valence-electron chi connectivity index (χ0n) is 19.3. The third-order valence-corrected chi connectivity index (χ3v) is 6.55. The highest BCUT2D eigenvalue weighted by Gasteiger charge is 2.30. The van der Waals surface area contributed by atoms with Crippen LogP contribution in [0.1, 0.15) is 49.7 Å². The summed E-state index contributed by atoms with van der Waals surface area (Å²) in [5.74, 6) is 0.970. The number of hydrogen-bond acceptors (Lipinski definition) is 3. The summed E-state index contributed by atoms with van der Waals surface area (Å²) in [6.07, 6.45) is 3.69. The number of hydrogen-bond donors (Lipinski definition) is 1. The van der Waals surface area contributed by atoms with Crippen molar-refractivity contribution in [3.05, 3.63) is 92.5 Å². The molecule has 1 N–H and O–H groups in total. The molecule has 168 valence electrons. The fourth-order valence-electron chi connectivity index (χ4n) is 4.79. The predicted molar refractivity (Wildman–Crippen MR) is 131 cm³/mol. The molecule has 0 saturated heterocycles. The Balaban J connectivity index is 1.45. The number of carbonyl (C=O) groups excluding carboxylic acids is 1. The Morgan fingerprint density at radius 2 is 1.79 bits per heavy atom. The van der Waals surface area contributed by atoms with Gasteiger partial charge in [0, 0.05) is 34.5 Å². The van der Waals surface area contributed by atoms with Crippen LogP contribution >= 0.6 is 11.6 Å². The molecule has 0 fully saturated rings. The molecular weight excluding hydrogens is 434 g/mol. The molecule has 0 unspecified atom stereocenters. The lowest BCUT2D eigenvalue weighted by Crippen LogP contribution is -2.14. The van der Waals surface area contributed by atoms with E-state index in [0.717, 1.165) is 62.8 Å². The third-order valence-electron chi connectivity index (χ3n) is 6.29. The van der Waals surface area contributed by atoms with E-state index in [-0.39, 0.29) is 5.91 Å². The summed E-state index contributed by atoms with van der Waals surface area (Å²) in [6.45, 7) is 8.68. The molecule has 1 amide bonds. The highest BCUT2D eigenvalue weighted by Crippen LogP contribution is 2.38. The fraction of sp³-hybridized carbons (Fsp3) is 0.259. The lowest BCUT2D eigenvalue weighted by molar-refractivity contribution is 0.0994. The Labute approximate surface area is 198 Å². The Hall–Kier alpha value is -3.31. The van der Waals surface area contributed by atoms with Crippen molar-refractivity contribution < 1.29 is 9.21 Å². The summed E-state index contributed by atoms with van der Waals surface area (Å²) in [7, 11) is 0. The SMILES string of the molecule is Cc1cc(C)c(NC(=O)c2oc3c(c2C)-c2nn(Cc4ccc(Cl)cc4)cc2CC3)c(C)c1. The number of furan rings is 1. The largest absolute Gasteiger partial charge is 0.455 e. The number of nitrogens with zero attached hydrogens (tertiary/aromatic N) is 2. The Kier molecular flexibility index (Phi) is 5.37. The first-order valence-corrected chi connectivity index (χ1v) is 11.5. The second-order valence-corrected chi connectivity index (χ2v) is 9.35. The maximum atomic E-state index is 13.2. The van der Waals surface area contributed by atoms with Crippen LogP contribution in [0.25, 0.3) is 11.3 Å². The van der Waals surface area contributed by atoms with Crippen LogP contribution in [0.5, 0.6) is 0 Å². The van der Waals surface area contributed by atoms with Crippen LogP contribution in [0.4, 0.5) is 5.69 Å². The molecule has 2 aromatic heterocycles. The molecule has 6 heteroatoms. The maximum Gasteiger partial charge on any atom is 0.291 e. The van der Waals surface area contributed by atoms with Gasteiger partial charge in [-0.2, -0.15) is 5.10 Å². The number of benzene rings is 2. The van der Waals surface area contributed by atoms with Gasteiger partial charge < -0.3 is 9.73 Å². The van der Waals surface area contributed by atoms with Gasteiger partial charge in [0.1, 0.15) is 5.76 Å². The summed E-state index contributed by atoms with van der Waals surface area (Å²) in [6, 6.07) is 11.9. The lowest BCUT2D eigenvalue weighted by Gasteiger charge is -2.12. The van der Waals surface area contributed by atoms with Gasteiger partial charge >= 0.3 is 0 Å². The molecule has 0 aliphatic heterocycles. The van der Waals surface area contributed by atoms with E-state index in [1.807, 2.05) is 49.7 Å². The van der Waals surface area contributed by atoms with Crippen LogP contribution in [0.3, 0.4) is 0 Å². The first kappa shape index (κ1) is 21.5. The monoisotopic (exact) mass is 459 g/mol. The van der Waals surface area contributed by atoms with Gasteiger partial charge in [-0.25, -0.2) is 0 Å². The van der Waals surface area contributed by atoms with Crippen molar-refractivity contribution >= 4 is 23.2 Å². The summed E-state index contributed by atoms with van der Waals surface area (Å²) in [5.41, 5.74) is 9.10. The number of halogens is 1. The first-order valence-electron chi connectivity index (χ1n) is 11.1. The van der Waals surface area contributed by atoms with Crippen molar-refractivity contribution in [3.63, 3.8) is 0 Å². The van der Waals surface area contributed by atoms with E-state index in [9.17, 15) is 4.79 Å². The van der Waals surface area contributed by atoms with E-state index in [1.165, 1.54) is 11.1 Å². The van der Waals surface area contributed by atoms with Crippen molar-refractivity contribution in [1.82, 2.24) is 9.78 Å². The summed E-state index contributed by atoms with van der Waals surface area (Å²) in [5, 5.41) is 8.65. The van der Waals surface area contributed by atoms with Crippen LogP contribution in [0.2, 0.25) is 5.02 Å². The molecule has 4 aromatic rings. The Bertz CT molecular complexity index is 1360. The molecular formula is C27H26ClN3O2. The smallest absolute Gasteiger partial charge is 0.291 e. The summed E-state index contributed by atoms with van der Waals surface area (Å²) in [4.78, 5) is 13.2. The van der Waals surface area contributed by atoms with Gasteiger partial charge in [0.2, 0.25) is 0 Å². The molecule has 0 saturated carbocycles. The van der Waals surface area contributed by atoms with Gasteiger partial charge in [-0.3, -0.25) is 9.48 Å². The zero-order valence-corrected chi connectivity index (χ0v) is 20.0. The second-order valence-electron chi connectivity index (χ2n) is 8.91. The van der Waals surface area contributed by atoms with Crippen molar-refractivity contribution in [2.45, 2.75) is 47.1 Å². The molecule has 5 rings (SSSR count). The predicted octanol–water partition coefficient (Wildman–Crippen LogP) is 6.43. The molecule has 0 atom stereocenters. The zero-order chi connectivity index (χ0) is 23.3. The average molecular weight is 460 g/mol. The Morgan fingerprint density at radius 1 is 1.09 bits per heavy atom. The van der Waals surface area contributed by atoms with Crippen molar-refractivity contribution in [3.8, 4) is 11.3 Å². The van der Waals surface area contributed by atoms with E-state index in [1.54, 1.807) is 0 Å². The van der Waals surface area contributed by atoms with E-state index < -0.39 is 0 Å². The number of fused-ring (bicyclic) bond motifs is 3. The quantitative estimate of drug-likeness (QED) is 0.382. The van der Waals surface area contributed by atoms with E-state index in [4.69, 9.17) is 21.1 Å². The van der Waals surface area contributed by atoms with Gasteiger partial charge in [0.05, 0.1) is 12.2 Å². The van der Waals surface area contributed by atoms with Crippen LogP contribution in [-0.4, -0.2) is 15.7 Å². The third kappa shape index (κ3) is 3.98. The minimum Gasteiger partial charge on any atom is -0.455 e. The molecule has 2 heterocycles. The number of anilines is 1. The summed E-state index contributed by atoms with van der Waals surface area (Å²) < 4.78 is 8.05. The second kappa shape index (κ2) is 8.23. The van der Waals surface area contributed by atoms with Crippen LogP contribution in [0.15, 0.2) is 47.0 Å². The summed E-state index contributed by atoms with van der Waals surface area (Å²) >= 11 is 6.01. The van der Waals surface area contributed by atoms with E-state index in [0.29, 0.717) is 12.3 Å². The number of rotatable bonds is 4. The van der Waals surface area contributed by atoms with Gasteiger partial charge in [-0.05, 0) is 68.5 Å². The van der Waals surface area contributed by atoms with E-state index >= 15 is 0 Å². The molecule has 0 bridgehead atoms. The highest BCUT2D eigenvalue weighted by atomic mass is 35.5. The van der Waals surface area contributed by atoms with Gasteiger partial charge in [-0.15, -0.1) is 0 Å². The first-order chi connectivity index (χ1) is 15.8.